The average molecular weight is 385 g/mol. The number of nitro benzene ring substituents is 1. The Morgan fingerprint density at radius 1 is 1.25 bits per heavy atom. The van der Waals surface area contributed by atoms with Gasteiger partial charge in [0.25, 0.3) is 5.69 Å². The quantitative estimate of drug-likeness (QED) is 0.434. The standard InChI is InChI=1S/C16H14Cl2N2O3S/c1-9-3-6-13(20(22)23)16(10(9)2)19-15(21)8-24-14-7-11(17)4-5-12(14)18/h3-7H,8H2,1-2H3,(H,19,21). The molecule has 0 saturated carbocycles. The van der Waals surface area contributed by atoms with Crippen LogP contribution in [0.3, 0.4) is 0 Å². The summed E-state index contributed by atoms with van der Waals surface area (Å²) in [5.41, 5.74) is 1.63. The first-order valence-electron chi connectivity index (χ1n) is 6.92. The van der Waals surface area contributed by atoms with E-state index in [0.29, 0.717) is 20.5 Å². The Bertz CT molecular complexity index is 812. The minimum absolute atomic E-state index is 0.0601. The van der Waals surface area contributed by atoms with Crippen LogP contribution >= 0.6 is 35.0 Å². The van der Waals surface area contributed by atoms with Gasteiger partial charge in [0.2, 0.25) is 5.91 Å². The van der Waals surface area contributed by atoms with Gasteiger partial charge < -0.3 is 5.32 Å². The molecule has 2 aromatic rings. The zero-order valence-corrected chi connectivity index (χ0v) is 15.3. The van der Waals surface area contributed by atoms with Crippen LogP contribution in [0, 0.1) is 24.0 Å². The van der Waals surface area contributed by atoms with Gasteiger partial charge in [-0.2, -0.15) is 0 Å². The lowest BCUT2D eigenvalue weighted by atomic mass is 10.1. The second kappa shape index (κ2) is 7.88. The SMILES string of the molecule is Cc1ccc([N+](=O)[O-])c(NC(=O)CSc2cc(Cl)ccc2Cl)c1C. The molecular formula is C16H14Cl2N2O3S. The van der Waals surface area contributed by atoms with Gasteiger partial charge in [0, 0.05) is 16.0 Å². The van der Waals surface area contributed by atoms with Gasteiger partial charge in [-0.15, -0.1) is 11.8 Å². The molecule has 2 rings (SSSR count). The molecular weight excluding hydrogens is 371 g/mol. The molecule has 0 saturated heterocycles. The Morgan fingerprint density at radius 3 is 2.62 bits per heavy atom. The predicted octanol–water partition coefficient (Wildman–Crippen LogP) is 5.25. The summed E-state index contributed by atoms with van der Waals surface area (Å²) in [5, 5.41) is 14.8. The summed E-state index contributed by atoms with van der Waals surface area (Å²) < 4.78 is 0. The lowest BCUT2D eigenvalue weighted by Crippen LogP contribution is -2.16. The molecule has 126 valence electrons. The molecule has 0 unspecified atom stereocenters. The minimum Gasteiger partial charge on any atom is -0.319 e. The molecule has 0 atom stereocenters. The van der Waals surface area contributed by atoms with Crippen LogP contribution in [0.5, 0.6) is 0 Å². The molecule has 0 spiro atoms. The van der Waals surface area contributed by atoms with Gasteiger partial charge in [0.1, 0.15) is 5.69 Å². The third-order valence-electron chi connectivity index (χ3n) is 3.43. The van der Waals surface area contributed by atoms with E-state index in [0.717, 1.165) is 5.56 Å². The van der Waals surface area contributed by atoms with E-state index in [9.17, 15) is 14.9 Å². The number of nitro groups is 1. The normalized spacial score (nSPS) is 10.5. The smallest absolute Gasteiger partial charge is 0.293 e. The number of hydrogen-bond donors (Lipinski definition) is 1. The predicted molar refractivity (Wildman–Crippen MR) is 98.4 cm³/mol. The topological polar surface area (TPSA) is 72.2 Å². The molecule has 1 N–H and O–H groups in total. The molecule has 2 aromatic carbocycles. The van der Waals surface area contributed by atoms with Crippen molar-refractivity contribution in [3.8, 4) is 0 Å². The van der Waals surface area contributed by atoms with Crippen molar-refractivity contribution in [3.05, 3.63) is 61.6 Å². The maximum absolute atomic E-state index is 12.2. The Kier molecular flexibility index (Phi) is 6.10. The molecule has 24 heavy (non-hydrogen) atoms. The first kappa shape index (κ1) is 18.6. The fourth-order valence-electron chi connectivity index (χ4n) is 2.02. The van der Waals surface area contributed by atoms with Crippen molar-refractivity contribution < 1.29 is 9.72 Å². The van der Waals surface area contributed by atoms with Crippen molar-refractivity contribution in [2.24, 2.45) is 0 Å². The average Bonchev–Trinajstić information content (AvgIpc) is 2.52. The number of rotatable bonds is 5. The zero-order chi connectivity index (χ0) is 17.9. The number of hydrogen-bond acceptors (Lipinski definition) is 4. The number of anilines is 1. The number of carbonyl (C=O) groups excluding carboxylic acids is 1. The summed E-state index contributed by atoms with van der Waals surface area (Å²) in [6.07, 6.45) is 0. The third-order valence-corrected chi connectivity index (χ3v) is 5.16. The maximum Gasteiger partial charge on any atom is 0.293 e. The Labute approximate surface area is 153 Å². The van der Waals surface area contributed by atoms with Gasteiger partial charge in [0.15, 0.2) is 0 Å². The Hall–Kier alpha value is -1.76. The van der Waals surface area contributed by atoms with Crippen LogP contribution in [0.4, 0.5) is 11.4 Å². The zero-order valence-electron chi connectivity index (χ0n) is 12.9. The van der Waals surface area contributed by atoms with Gasteiger partial charge in [-0.05, 0) is 43.2 Å². The number of thioether (sulfide) groups is 1. The number of carbonyl (C=O) groups is 1. The number of nitrogens with one attached hydrogen (secondary N) is 1. The van der Waals surface area contributed by atoms with Gasteiger partial charge in [-0.25, -0.2) is 0 Å². The molecule has 0 aromatic heterocycles. The highest BCUT2D eigenvalue weighted by Gasteiger charge is 2.19. The molecule has 0 aliphatic heterocycles. The van der Waals surface area contributed by atoms with Crippen molar-refractivity contribution in [2.45, 2.75) is 18.7 Å². The second-order valence-electron chi connectivity index (χ2n) is 5.07. The van der Waals surface area contributed by atoms with Gasteiger partial charge >= 0.3 is 0 Å². The fraction of sp³-hybridized carbons (Fsp3) is 0.188. The van der Waals surface area contributed by atoms with Gasteiger partial charge in [-0.3, -0.25) is 14.9 Å². The minimum atomic E-state index is -0.511. The van der Waals surface area contributed by atoms with E-state index in [4.69, 9.17) is 23.2 Å². The molecule has 0 heterocycles. The maximum atomic E-state index is 12.2. The molecule has 0 aliphatic carbocycles. The highest BCUT2D eigenvalue weighted by atomic mass is 35.5. The summed E-state index contributed by atoms with van der Waals surface area (Å²) in [6, 6.07) is 8.03. The number of benzene rings is 2. The van der Waals surface area contributed by atoms with Gasteiger partial charge in [0.05, 0.1) is 15.7 Å². The molecule has 0 radical (unpaired) electrons. The van der Waals surface area contributed by atoms with Crippen molar-refractivity contribution in [1.29, 1.82) is 0 Å². The fourth-order valence-corrected chi connectivity index (χ4v) is 3.31. The van der Waals surface area contributed by atoms with E-state index in [1.807, 2.05) is 6.92 Å². The van der Waals surface area contributed by atoms with Crippen LogP contribution in [-0.2, 0) is 4.79 Å². The third kappa shape index (κ3) is 4.41. The first-order chi connectivity index (χ1) is 11.3. The molecule has 8 heteroatoms. The van der Waals surface area contributed by atoms with Crippen LogP contribution < -0.4 is 5.32 Å². The lowest BCUT2D eigenvalue weighted by molar-refractivity contribution is -0.384. The van der Waals surface area contributed by atoms with Crippen molar-refractivity contribution in [1.82, 2.24) is 0 Å². The van der Waals surface area contributed by atoms with Gasteiger partial charge in [-0.1, -0.05) is 29.3 Å². The van der Waals surface area contributed by atoms with E-state index in [-0.39, 0.29) is 23.0 Å². The van der Waals surface area contributed by atoms with Crippen LogP contribution in [0.1, 0.15) is 11.1 Å². The van der Waals surface area contributed by atoms with E-state index in [2.05, 4.69) is 5.32 Å². The van der Waals surface area contributed by atoms with E-state index >= 15 is 0 Å². The second-order valence-corrected chi connectivity index (χ2v) is 6.93. The van der Waals surface area contributed by atoms with Crippen molar-refractivity contribution >= 4 is 52.2 Å². The monoisotopic (exact) mass is 384 g/mol. The summed E-state index contributed by atoms with van der Waals surface area (Å²) in [5.74, 6) is -0.294. The molecule has 0 fully saturated rings. The summed E-state index contributed by atoms with van der Waals surface area (Å²) in [6.45, 7) is 3.56. The largest absolute Gasteiger partial charge is 0.319 e. The Morgan fingerprint density at radius 2 is 1.96 bits per heavy atom. The summed E-state index contributed by atoms with van der Waals surface area (Å²) in [7, 11) is 0. The van der Waals surface area contributed by atoms with Crippen LogP contribution in [0.25, 0.3) is 0 Å². The van der Waals surface area contributed by atoms with Crippen LogP contribution in [-0.4, -0.2) is 16.6 Å². The number of halogens is 2. The van der Waals surface area contributed by atoms with Crippen LogP contribution in [0.2, 0.25) is 10.0 Å². The number of nitrogens with zero attached hydrogens (tertiary/aromatic N) is 1. The van der Waals surface area contributed by atoms with Crippen LogP contribution in [0.15, 0.2) is 35.2 Å². The lowest BCUT2D eigenvalue weighted by Gasteiger charge is -2.11. The molecule has 0 bridgehead atoms. The van der Waals surface area contributed by atoms with E-state index < -0.39 is 4.92 Å². The molecule has 5 nitrogen and oxygen atoms in total. The van der Waals surface area contributed by atoms with E-state index in [1.165, 1.54) is 17.8 Å². The summed E-state index contributed by atoms with van der Waals surface area (Å²) in [4.78, 5) is 23.5. The van der Waals surface area contributed by atoms with Crippen molar-refractivity contribution in [2.75, 3.05) is 11.1 Å². The van der Waals surface area contributed by atoms with E-state index in [1.54, 1.807) is 31.2 Å². The van der Waals surface area contributed by atoms with Crippen molar-refractivity contribution in [3.63, 3.8) is 0 Å². The highest BCUT2D eigenvalue weighted by Crippen LogP contribution is 2.32. The number of amides is 1. The first-order valence-corrected chi connectivity index (χ1v) is 8.66. The molecule has 0 aliphatic rings. The highest BCUT2D eigenvalue weighted by molar-refractivity contribution is 8.00. The Balaban J connectivity index is 2.14. The number of aryl methyl sites for hydroxylation is 1. The molecule has 1 amide bonds. The summed E-state index contributed by atoms with van der Waals surface area (Å²) >= 11 is 13.2.